The number of carboxylic acid groups (broad SMARTS) is 1. The van der Waals surface area contributed by atoms with Crippen molar-refractivity contribution in [1.82, 2.24) is 9.97 Å². The van der Waals surface area contributed by atoms with E-state index < -0.39 is 11.6 Å². The molecule has 0 atom stereocenters. The Hall–Kier alpha value is -1.49. The van der Waals surface area contributed by atoms with Gasteiger partial charge in [0.25, 0.3) is 0 Å². The van der Waals surface area contributed by atoms with Crippen molar-refractivity contribution in [2.75, 3.05) is 7.11 Å². The lowest BCUT2D eigenvalue weighted by molar-refractivity contribution is -0.0166. The zero-order valence-corrected chi connectivity index (χ0v) is 10.1. The molecule has 0 bridgehead atoms. The predicted octanol–water partition coefficient (Wildman–Crippen LogP) is 1.90. The summed E-state index contributed by atoms with van der Waals surface area (Å²) >= 11 is 0. The maximum absolute atomic E-state index is 11.0. The zero-order chi connectivity index (χ0) is 12.5. The van der Waals surface area contributed by atoms with E-state index in [0.29, 0.717) is 11.5 Å². The zero-order valence-electron chi connectivity index (χ0n) is 10.1. The number of aromatic carboxylic acids is 1. The molecular weight excluding hydrogens is 220 g/mol. The van der Waals surface area contributed by atoms with Gasteiger partial charge in [0, 0.05) is 12.8 Å². The first kappa shape index (κ1) is 12.0. The minimum atomic E-state index is -1.03. The molecule has 5 heteroatoms. The second kappa shape index (κ2) is 4.41. The summed E-state index contributed by atoms with van der Waals surface area (Å²) in [6.07, 6.45) is 3.83. The molecule has 0 saturated heterocycles. The summed E-state index contributed by atoms with van der Waals surface area (Å²) in [5.74, 6) is -0.518. The molecule has 1 aromatic rings. The number of aromatic nitrogens is 2. The average molecular weight is 236 g/mol. The molecule has 0 unspecified atom stereocenters. The lowest BCUT2D eigenvalue weighted by Gasteiger charge is -2.25. The van der Waals surface area contributed by atoms with E-state index in [2.05, 4.69) is 9.97 Å². The van der Waals surface area contributed by atoms with Crippen LogP contribution in [-0.2, 0) is 10.3 Å². The van der Waals surface area contributed by atoms with Gasteiger partial charge in [-0.25, -0.2) is 14.8 Å². The van der Waals surface area contributed by atoms with Crippen molar-refractivity contribution in [1.29, 1.82) is 0 Å². The molecule has 92 valence electrons. The van der Waals surface area contributed by atoms with Crippen molar-refractivity contribution in [3.63, 3.8) is 0 Å². The van der Waals surface area contributed by atoms with Crippen LogP contribution < -0.4 is 0 Å². The molecule has 0 radical (unpaired) electrons. The molecule has 1 N–H and O–H groups in total. The Balaban J connectivity index is 2.47. The van der Waals surface area contributed by atoms with Crippen molar-refractivity contribution in [3.05, 3.63) is 23.3 Å². The van der Waals surface area contributed by atoms with Crippen LogP contribution in [0.2, 0.25) is 0 Å². The Morgan fingerprint density at radius 1 is 1.41 bits per heavy atom. The van der Waals surface area contributed by atoms with Crippen LogP contribution in [0.4, 0.5) is 0 Å². The van der Waals surface area contributed by atoms with Gasteiger partial charge in [-0.2, -0.15) is 0 Å². The van der Waals surface area contributed by atoms with Crippen LogP contribution in [0.1, 0.15) is 47.7 Å². The van der Waals surface area contributed by atoms with Crippen molar-refractivity contribution in [3.8, 4) is 0 Å². The second-order valence-corrected chi connectivity index (χ2v) is 4.43. The third-order valence-corrected chi connectivity index (χ3v) is 3.28. The Morgan fingerprint density at radius 3 is 2.59 bits per heavy atom. The van der Waals surface area contributed by atoms with E-state index in [-0.39, 0.29) is 5.69 Å². The highest BCUT2D eigenvalue weighted by molar-refractivity contribution is 5.85. The third-order valence-electron chi connectivity index (χ3n) is 3.28. The summed E-state index contributed by atoms with van der Waals surface area (Å²) in [5.41, 5.74) is 0.211. The van der Waals surface area contributed by atoms with Gasteiger partial charge in [-0.1, -0.05) is 0 Å². The average Bonchev–Trinajstić information content (AvgIpc) is 2.78. The fraction of sp³-hybridized carbons (Fsp3) is 0.583. The number of carboxylic acids is 1. The maximum Gasteiger partial charge on any atom is 0.354 e. The van der Waals surface area contributed by atoms with Crippen molar-refractivity contribution in [2.24, 2.45) is 0 Å². The summed E-state index contributed by atoms with van der Waals surface area (Å²) in [7, 11) is 1.64. The fourth-order valence-electron chi connectivity index (χ4n) is 2.35. The van der Waals surface area contributed by atoms with E-state index in [1.165, 1.54) is 6.07 Å². The number of carbonyl (C=O) groups is 1. The van der Waals surface area contributed by atoms with Crippen molar-refractivity contribution < 1.29 is 14.6 Å². The van der Waals surface area contributed by atoms with E-state index in [0.717, 1.165) is 25.7 Å². The van der Waals surface area contributed by atoms with Crippen LogP contribution in [-0.4, -0.2) is 28.2 Å². The lowest BCUT2D eigenvalue weighted by Crippen LogP contribution is -2.28. The maximum atomic E-state index is 11.0. The highest BCUT2D eigenvalue weighted by Gasteiger charge is 2.39. The lowest BCUT2D eigenvalue weighted by atomic mass is 10.0. The Bertz CT molecular complexity index is 439. The largest absolute Gasteiger partial charge is 0.477 e. The van der Waals surface area contributed by atoms with Crippen LogP contribution in [0.25, 0.3) is 0 Å². The molecule has 1 aromatic heterocycles. The minimum Gasteiger partial charge on any atom is -0.477 e. The normalized spacial score (nSPS) is 18.2. The van der Waals surface area contributed by atoms with Crippen LogP contribution >= 0.6 is 0 Å². The number of aryl methyl sites for hydroxylation is 1. The number of nitrogens with zero attached hydrogens (tertiary/aromatic N) is 2. The first-order valence-corrected chi connectivity index (χ1v) is 5.72. The van der Waals surface area contributed by atoms with Crippen molar-refractivity contribution in [2.45, 2.75) is 38.2 Å². The molecular formula is C12H16N2O3. The van der Waals surface area contributed by atoms with Gasteiger partial charge in [0.2, 0.25) is 0 Å². The van der Waals surface area contributed by atoms with Gasteiger partial charge >= 0.3 is 5.97 Å². The molecule has 0 aromatic carbocycles. The van der Waals surface area contributed by atoms with Crippen LogP contribution in [0.15, 0.2) is 6.07 Å². The molecule has 5 nitrogen and oxygen atoms in total. The molecule has 1 fully saturated rings. The summed E-state index contributed by atoms with van der Waals surface area (Å²) < 4.78 is 5.56. The van der Waals surface area contributed by atoms with Crippen LogP contribution in [0, 0.1) is 6.92 Å². The van der Waals surface area contributed by atoms with E-state index in [1.807, 2.05) is 0 Å². The summed E-state index contributed by atoms with van der Waals surface area (Å²) in [4.78, 5) is 19.4. The van der Waals surface area contributed by atoms with Gasteiger partial charge in [0.15, 0.2) is 11.5 Å². The molecule has 1 aliphatic rings. The number of methoxy groups -OCH3 is 1. The molecule has 1 aliphatic carbocycles. The van der Waals surface area contributed by atoms with Gasteiger partial charge in [0.05, 0.1) is 0 Å². The number of ether oxygens (including phenoxy) is 1. The molecule has 2 rings (SSSR count). The van der Waals surface area contributed by atoms with Gasteiger partial charge in [-0.15, -0.1) is 0 Å². The van der Waals surface area contributed by atoms with E-state index in [4.69, 9.17) is 9.84 Å². The van der Waals surface area contributed by atoms with Crippen LogP contribution in [0.3, 0.4) is 0 Å². The van der Waals surface area contributed by atoms with E-state index in [1.54, 1.807) is 14.0 Å². The molecule has 0 aliphatic heterocycles. The summed E-state index contributed by atoms with van der Waals surface area (Å²) in [6, 6.07) is 1.48. The Kier molecular flexibility index (Phi) is 3.11. The quantitative estimate of drug-likeness (QED) is 0.867. The number of hydrogen-bond donors (Lipinski definition) is 1. The highest BCUT2D eigenvalue weighted by Crippen LogP contribution is 2.39. The number of hydrogen-bond acceptors (Lipinski definition) is 4. The molecule has 0 amide bonds. The molecule has 17 heavy (non-hydrogen) atoms. The predicted molar refractivity (Wildman–Crippen MR) is 60.9 cm³/mol. The Morgan fingerprint density at radius 2 is 2.06 bits per heavy atom. The molecule has 1 saturated carbocycles. The fourth-order valence-corrected chi connectivity index (χ4v) is 2.35. The van der Waals surface area contributed by atoms with Gasteiger partial charge in [-0.05, 0) is 38.7 Å². The molecule has 0 spiro atoms. The summed E-state index contributed by atoms with van der Waals surface area (Å²) in [5, 5.41) is 9.00. The Labute approximate surface area is 99.9 Å². The summed E-state index contributed by atoms with van der Waals surface area (Å²) in [6.45, 7) is 1.77. The van der Waals surface area contributed by atoms with Crippen LogP contribution in [0.5, 0.6) is 0 Å². The number of rotatable bonds is 3. The minimum absolute atomic E-state index is 0.0378. The first-order valence-electron chi connectivity index (χ1n) is 5.72. The standard InChI is InChI=1S/C12H16N2O3/c1-8-7-9(10(15)16)14-11(13-8)12(17-2)5-3-4-6-12/h7H,3-6H2,1-2H3,(H,15,16). The first-order chi connectivity index (χ1) is 8.07. The smallest absolute Gasteiger partial charge is 0.354 e. The molecule has 1 heterocycles. The topological polar surface area (TPSA) is 72.3 Å². The van der Waals surface area contributed by atoms with E-state index >= 15 is 0 Å². The monoisotopic (exact) mass is 236 g/mol. The van der Waals surface area contributed by atoms with Gasteiger partial charge in [0.1, 0.15) is 5.60 Å². The third kappa shape index (κ3) is 2.15. The SMILES string of the molecule is COC1(c2nc(C)cc(C(=O)O)n2)CCCC1. The second-order valence-electron chi connectivity index (χ2n) is 4.43. The van der Waals surface area contributed by atoms with Crippen molar-refractivity contribution >= 4 is 5.97 Å². The highest BCUT2D eigenvalue weighted by atomic mass is 16.5. The van der Waals surface area contributed by atoms with Gasteiger partial charge in [-0.3, -0.25) is 0 Å². The van der Waals surface area contributed by atoms with E-state index in [9.17, 15) is 4.79 Å². The van der Waals surface area contributed by atoms with Gasteiger partial charge < -0.3 is 9.84 Å².